The van der Waals surface area contributed by atoms with Crippen molar-refractivity contribution in [2.75, 3.05) is 33.2 Å². The van der Waals surface area contributed by atoms with Gasteiger partial charge in [0.1, 0.15) is 0 Å². The number of rotatable bonds is 6. The van der Waals surface area contributed by atoms with Crippen LogP contribution in [0, 0.1) is 0 Å². The molecule has 1 rings (SSSR count). The van der Waals surface area contributed by atoms with Gasteiger partial charge in [-0.3, -0.25) is 4.90 Å². The van der Waals surface area contributed by atoms with Crippen molar-refractivity contribution in [1.82, 2.24) is 15.1 Å². The molecule has 1 aliphatic heterocycles. The summed E-state index contributed by atoms with van der Waals surface area (Å²) in [6.45, 7) is 14.0. The van der Waals surface area contributed by atoms with Crippen molar-refractivity contribution in [1.29, 1.82) is 0 Å². The van der Waals surface area contributed by atoms with Crippen molar-refractivity contribution in [2.24, 2.45) is 0 Å². The Kier molecular flexibility index (Phi) is 6.45. The summed E-state index contributed by atoms with van der Waals surface area (Å²) >= 11 is 0. The third-order valence-corrected chi connectivity index (χ3v) is 3.97. The van der Waals surface area contributed by atoms with Crippen molar-refractivity contribution < 1.29 is 0 Å². The van der Waals surface area contributed by atoms with Gasteiger partial charge in [0, 0.05) is 37.8 Å². The Morgan fingerprint density at radius 3 is 2.53 bits per heavy atom. The third-order valence-electron chi connectivity index (χ3n) is 3.97. The van der Waals surface area contributed by atoms with Crippen LogP contribution >= 0.6 is 0 Å². The minimum atomic E-state index is 0.619. The number of nitrogens with zero attached hydrogens (tertiary/aromatic N) is 2. The quantitative estimate of drug-likeness (QED) is 0.715. The van der Waals surface area contributed by atoms with Crippen LogP contribution in [-0.4, -0.2) is 61.2 Å². The highest BCUT2D eigenvalue weighted by Crippen LogP contribution is 2.13. The maximum absolute atomic E-state index is 3.49. The SMILES string of the molecule is CC(C)NCCCC(C)N1CCN(C)C(C)C1. The summed E-state index contributed by atoms with van der Waals surface area (Å²) in [5.41, 5.74) is 0. The van der Waals surface area contributed by atoms with E-state index in [1.807, 2.05) is 0 Å². The van der Waals surface area contributed by atoms with Gasteiger partial charge < -0.3 is 10.2 Å². The highest BCUT2D eigenvalue weighted by atomic mass is 15.3. The smallest absolute Gasteiger partial charge is 0.0192 e. The monoisotopic (exact) mass is 241 g/mol. The fraction of sp³-hybridized carbons (Fsp3) is 1.00. The van der Waals surface area contributed by atoms with Gasteiger partial charge in [-0.15, -0.1) is 0 Å². The predicted octanol–water partition coefficient (Wildman–Crippen LogP) is 1.79. The topological polar surface area (TPSA) is 18.5 Å². The first-order chi connectivity index (χ1) is 8.00. The van der Waals surface area contributed by atoms with Gasteiger partial charge in [-0.2, -0.15) is 0 Å². The lowest BCUT2D eigenvalue weighted by molar-refractivity contribution is 0.0740. The predicted molar refractivity (Wildman–Crippen MR) is 75.5 cm³/mol. The molecule has 17 heavy (non-hydrogen) atoms. The van der Waals surface area contributed by atoms with Crippen LogP contribution in [0.2, 0.25) is 0 Å². The van der Waals surface area contributed by atoms with E-state index >= 15 is 0 Å². The molecular formula is C14H31N3. The molecule has 0 spiro atoms. The van der Waals surface area contributed by atoms with Crippen LogP contribution in [0.3, 0.4) is 0 Å². The van der Waals surface area contributed by atoms with Gasteiger partial charge in [0.25, 0.3) is 0 Å². The molecule has 0 saturated carbocycles. The first-order valence-electron chi connectivity index (χ1n) is 7.18. The highest BCUT2D eigenvalue weighted by Gasteiger charge is 2.23. The first kappa shape index (κ1) is 14.9. The molecule has 2 unspecified atom stereocenters. The Morgan fingerprint density at radius 2 is 1.94 bits per heavy atom. The van der Waals surface area contributed by atoms with Crippen LogP contribution in [-0.2, 0) is 0 Å². The number of likely N-dealkylation sites (N-methyl/N-ethyl adjacent to an activating group) is 1. The maximum atomic E-state index is 3.49. The zero-order valence-electron chi connectivity index (χ0n) is 12.4. The molecule has 1 N–H and O–H groups in total. The second-order valence-corrected chi connectivity index (χ2v) is 5.92. The number of hydrogen-bond donors (Lipinski definition) is 1. The molecule has 1 heterocycles. The van der Waals surface area contributed by atoms with Crippen LogP contribution < -0.4 is 5.32 Å². The molecule has 0 bridgehead atoms. The lowest BCUT2D eigenvalue weighted by Crippen LogP contribution is -2.52. The van der Waals surface area contributed by atoms with E-state index < -0.39 is 0 Å². The Bertz CT molecular complexity index is 206. The molecule has 0 aromatic carbocycles. The Labute approximate surface area is 108 Å². The summed E-state index contributed by atoms with van der Waals surface area (Å²) in [7, 11) is 2.24. The van der Waals surface area contributed by atoms with Gasteiger partial charge in [-0.25, -0.2) is 0 Å². The van der Waals surface area contributed by atoms with E-state index in [0.717, 1.165) is 12.6 Å². The van der Waals surface area contributed by atoms with Crippen molar-refractivity contribution in [2.45, 2.75) is 58.7 Å². The van der Waals surface area contributed by atoms with Crippen molar-refractivity contribution in [3.8, 4) is 0 Å². The minimum Gasteiger partial charge on any atom is -0.315 e. The lowest BCUT2D eigenvalue weighted by Gasteiger charge is -2.40. The van der Waals surface area contributed by atoms with Crippen LogP contribution in [0.4, 0.5) is 0 Å². The second-order valence-electron chi connectivity index (χ2n) is 5.92. The van der Waals surface area contributed by atoms with E-state index in [4.69, 9.17) is 0 Å². The number of piperazine rings is 1. The molecule has 0 amide bonds. The van der Waals surface area contributed by atoms with Gasteiger partial charge in [0.15, 0.2) is 0 Å². The zero-order valence-corrected chi connectivity index (χ0v) is 12.4. The van der Waals surface area contributed by atoms with Gasteiger partial charge in [-0.05, 0) is 40.3 Å². The van der Waals surface area contributed by atoms with E-state index in [1.54, 1.807) is 0 Å². The summed E-state index contributed by atoms with van der Waals surface area (Å²) in [5, 5.41) is 3.49. The molecule has 3 nitrogen and oxygen atoms in total. The number of hydrogen-bond acceptors (Lipinski definition) is 3. The molecule has 1 fully saturated rings. The molecule has 1 aliphatic rings. The summed E-state index contributed by atoms with van der Waals surface area (Å²) in [5.74, 6) is 0. The first-order valence-corrected chi connectivity index (χ1v) is 7.18. The van der Waals surface area contributed by atoms with Crippen LogP contribution in [0.25, 0.3) is 0 Å². The van der Waals surface area contributed by atoms with Gasteiger partial charge in [-0.1, -0.05) is 13.8 Å². The molecule has 0 aromatic rings. The fourth-order valence-corrected chi connectivity index (χ4v) is 2.45. The number of nitrogens with one attached hydrogen (secondary N) is 1. The van der Waals surface area contributed by atoms with E-state index in [1.165, 1.54) is 32.5 Å². The second kappa shape index (κ2) is 7.34. The summed E-state index contributed by atoms with van der Waals surface area (Å²) in [4.78, 5) is 5.11. The average Bonchev–Trinajstić information content (AvgIpc) is 2.27. The standard InChI is InChI=1S/C14H31N3/c1-12(2)15-8-6-7-13(3)17-10-9-16(5)14(4)11-17/h12-15H,6-11H2,1-5H3. The van der Waals surface area contributed by atoms with Crippen molar-refractivity contribution in [3.05, 3.63) is 0 Å². The average molecular weight is 241 g/mol. The molecule has 2 atom stereocenters. The van der Waals surface area contributed by atoms with Crippen LogP contribution in [0.1, 0.15) is 40.5 Å². The molecule has 0 aliphatic carbocycles. The van der Waals surface area contributed by atoms with E-state index in [2.05, 4.69) is 49.9 Å². The largest absolute Gasteiger partial charge is 0.315 e. The summed E-state index contributed by atoms with van der Waals surface area (Å²) < 4.78 is 0. The Balaban J connectivity index is 2.17. The van der Waals surface area contributed by atoms with Gasteiger partial charge in [0.05, 0.1) is 0 Å². The maximum Gasteiger partial charge on any atom is 0.0192 e. The Hall–Kier alpha value is -0.120. The summed E-state index contributed by atoms with van der Waals surface area (Å²) in [6.07, 6.45) is 2.61. The molecule has 0 radical (unpaired) electrons. The normalized spacial score (nSPS) is 25.4. The van der Waals surface area contributed by atoms with Gasteiger partial charge >= 0.3 is 0 Å². The Morgan fingerprint density at radius 1 is 1.24 bits per heavy atom. The lowest BCUT2D eigenvalue weighted by atomic mass is 10.1. The highest BCUT2D eigenvalue weighted by molar-refractivity contribution is 4.80. The third kappa shape index (κ3) is 5.36. The summed E-state index contributed by atoms with van der Waals surface area (Å²) in [6, 6.07) is 2.06. The van der Waals surface area contributed by atoms with Crippen molar-refractivity contribution in [3.63, 3.8) is 0 Å². The zero-order chi connectivity index (χ0) is 12.8. The van der Waals surface area contributed by atoms with E-state index in [-0.39, 0.29) is 0 Å². The van der Waals surface area contributed by atoms with Crippen molar-refractivity contribution >= 4 is 0 Å². The van der Waals surface area contributed by atoms with Crippen LogP contribution in [0.15, 0.2) is 0 Å². The molecule has 3 heteroatoms. The minimum absolute atomic E-state index is 0.619. The molecule has 1 saturated heterocycles. The fourth-order valence-electron chi connectivity index (χ4n) is 2.45. The molecule has 0 aromatic heterocycles. The molecule has 102 valence electrons. The van der Waals surface area contributed by atoms with E-state index in [0.29, 0.717) is 12.1 Å². The van der Waals surface area contributed by atoms with Gasteiger partial charge in [0.2, 0.25) is 0 Å². The van der Waals surface area contributed by atoms with E-state index in [9.17, 15) is 0 Å². The molecular weight excluding hydrogens is 210 g/mol. The van der Waals surface area contributed by atoms with Crippen LogP contribution in [0.5, 0.6) is 0 Å².